The summed E-state index contributed by atoms with van der Waals surface area (Å²) in [6.07, 6.45) is 0. The van der Waals surface area contributed by atoms with Crippen LogP contribution in [0, 0.1) is 18.6 Å². The Bertz CT molecular complexity index is 1030. The first-order valence-electron chi connectivity index (χ1n) is 8.70. The molecule has 0 saturated heterocycles. The summed E-state index contributed by atoms with van der Waals surface area (Å²) in [5, 5.41) is 3.11. The first-order valence-corrected chi connectivity index (χ1v) is 9.11. The monoisotopic (exact) mass is 416 g/mol. The van der Waals surface area contributed by atoms with Gasteiger partial charge in [0.2, 0.25) is 0 Å². The van der Waals surface area contributed by atoms with Crippen molar-refractivity contribution in [3.8, 4) is 0 Å². The van der Waals surface area contributed by atoms with Crippen LogP contribution < -0.4 is 10.2 Å². The van der Waals surface area contributed by atoms with Gasteiger partial charge < -0.3 is 10.1 Å². The van der Waals surface area contributed by atoms with Crippen LogP contribution in [0.15, 0.2) is 53.7 Å². The number of hydrogen-bond donors (Lipinski definition) is 1. The van der Waals surface area contributed by atoms with Gasteiger partial charge in [0.05, 0.1) is 18.7 Å². The molecule has 0 fully saturated rings. The molecule has 1 N–H and O–H groups in total. The summed E-state index contributed by atoms with van der Waals surface area (Å²) >= 11 is 5.46. The Morgan fingerprint density at radius 3 is 2.34 bits per heavy atom. The van der Waals surface area contributed by atoms with Crippen molar-refractivity contribution in [2.24, 2.45) is 0 Å². The molecular formula is C21H18F2N2O3S. The van der Waals surface area contributed by atoms with Gasteiger partial charge in [0, 0.05) is 23.0 Å². The number of hydrogen-bond acceptors (Lipinski definition) is 4. The third-order valence-corrected chi connectivity index (χ3v) is 4.97. The van der Waals surface area contributed by atoms with Gasteiger partial charge in [-0.05, 0) is 44.3 Å². The minimum absolute atomic E-state index is 0.0103. The van der Waals surface area contributed by atoms with E-state index >= 15 is 0 Å². The van der Waals surface area contributed by atoms with Crippen LogP contribution in [0.1, 0.15) is 24.1 Å². The molecule has 2 aromatic rings. The third-order valence-electron chi connectivity index (χ3n) is 4.67. The molecule has 29 heavy (non-hydrogen) atoms. The van der Waals surface area contributed by atoms with Crippen molar-refractivity contribution in [3.63, 3.8) is 0 Å². The van der Waals surface area contributed by atoms with Gasteiger partial charge in [-0.1, -0.05) is 23.8 Å². The van der Waals surface area contributed by atoms with Crippen LogP contribution in [-0.2, 0) is 14.3 Å². The number of carbonyl (C=O) groups excluding carboxylic acids is 2. The molecule has 0 aliphatic carbocycles. The fourth-order valence-electron chi connectivity index (χ4n) is 3.21. The molecule has 1 aliphatic heterocycles. The fraction of sp³-hybridized carbons (Fsp3) is 0.190. The van der Waals surface area contributed by atoms with Gasteiger partial charge in [0.1, 0.15) is 11.6 Å². The maximum Gasteiger partial charge on any atom is 0.379 e. The Kier molecular flexibility index (Phi) is 5.74. The minimum atomic E-state index is -1.09. The molecule has 8 heteroatoms. The molecular weight excluding hydrogens is 398 g/mol. The number of ether oxygens (including phenoxy) is 1. The largest absolute Gasteiger partial charge is 0.463 e. The Morgan fingerprint density at radius 1 is 1.10 bits per heavy atom. The van der Waals surface area contributed by atoms with Crippen molar-refractivity contribution >= 4 is 34.8 Å². The molecule has 1 atom stereocenters. The number of nitrogens with one attached hydrogen (secondary N) is 1. The van der Waals surface area contributed by atoms with Crippen molar-refractivity contribution in [2.75, 3.05) is 12.0 Å². The maximum absolute atomic E-state index is 14.5. The molecule has 0 spiro atoms. The zero-order chi connectivity index (χ0) is 21.3. The summed E-state index contributed by atoms with van der Waals surface area (Å²) < 4.78 is 32.4. The van der Waals surface area contributed by atoms with E-state index < -0.39 is 29.4 Å². The highest BCUT2D eigenvalue weighted by Gasteiger charge is 2.38. The Labute approximate surface area is 172 Å². The lowest BCUT2D eigenvalue weighted by Crippen LogP contribution is -2.49. The number of nitrogens with zero attached hydrogens (tertiary/aromatic N) is 1. The lowest BCUT2D eigenvalue weighted by atomic mass is 9.91. The first-order chi connectivity index (χ1) is 13.7. The number of aryl methyl sites for hydroxylation is 1. The van der Waals surface area contributed by atoms with Gasteiger partial charge in [-0.15, -0.1) is 0 Å². The highest BCUT2D eigenvalue weighted by Crippen LogP contribution is 2.35. The van der Waals surface area contributed by atoms with E-state index in [0.717, 1.165) is 18.7 Å². The van der Waals surface area contributed by atoms with Gasteiger partial charge in [0.25, 0.3) is 5.78 Å². The van der Waals surface area contributed by atoms with E-state index in [9.17, 15) is 18.4 Å². The number of anilines is 1. The van der Waals surface area contributed by atoms with E-state index in [0.29, 0.717) is 17.5 Å². The van der Waals surface area contributed by atoms with Crippen LogP contribution >= 0.6 is 12.2 Å². The third kappa shape index (κ3) is 3.88. The van der Waals surface area contributed by atoms with E-state index in [-0.39, 0.29) is 16.2 Å². The van der Waals surface area contributed by atoms with Crippen LogP contribution in [0.2, 0.25) is 0 Å². The Balaban J connectivity index is 2.19. The lowest BCUT2D eigenvalue weighted by molar-refractivity contribution is -0.150. The zero-order valence-electron chi connectivity index (χ0n) is 16.0. The van der Waals surface area contributed by atoms with Crippen LogP contribution in [0.4, 0.5) is 14.5 Å². The number of esters is 1. The normalized spacial score (nSPS) is 16.5. The zero-order valence-corrected chi connectivity index (χ0v) is 16.8. The standard InChI is InChI=1S/C21H18F2N2O3S/c1-11-4-7-14(8-5-11)25-12(2)17(19(26)20(27)28-3)18(24-21(25)29)15-9-6-13(22)10-16(15)23/h4-10,18H,1-3H3,(H,24,29)/t18-/m0/s1. The van der Waals surface area contributed by atoms with Crippen molar-refractivity contribution in [2.45, 2.75) is 19.9 Å². The molecule has 1 heterocycles. The summed E-state index contributed by atoms with van der Waals surface area (Å²) in [6, 6.07) is 9.29. The molecule has 0 amide bonds. The van der Waals surface area contributed by atoms with E-state index in [2.05, 4.69) is 10.1 Å². The number of thiocarbonyl (C=S) groups is 1. The molecule has 3 rings (SSSR count). The smallest absolute Gasteiger partial charge is 0.379 e. The topological polar surface area (TPSA) is 58.6 Å². The summed E-state index contributed by atoms with van der Waals surface area (Å²) in [5.41, 5.74) is 2.00. The average Bonchev–Trinajstić information content (AvgIpc) is 2.68. The van der Waals surface area contributed by atoms with E-state index in [4.69, 9.17) is 12.2 Å². The Hall–Kier alpha value is -3.13. The second-order valence-corrected chi connectivity index (χ2v) is 6.93. The summed E-state index contributed by atoms with van der Waals surface area (Å²) in [7, 11) is 1.09. The van der Waals surface area contributed by atoms with Gasteiger partial charge in [-0.25, -0.2) is 13.6 Å². The van der Waals surface area contributed by atoms with Gasteiger partial charge in [-0.3, -0.25) is 9.69 Å². The number of halogens is 2. The van der Waals surface area contributed by atoms with Crippen molar-refractivity contribution in [3.05, 3.63) is 76.5 Å². The van der Waals surface area contributed by atoms with Crippen LogP contribution in [0.3, 0.4) is 0 Å². The average molecular weight is 416 g/mol. The van der Waals surface area contributed by atoms with Crippen molar-refractivity contribution < 1.29 is 23.1 Å². The molecule has 1 aliphatic rings. The van der Waals surface area contributed by atoms with Gasteiger partial charge in [0.15, 0.2) is 5.11 Å². The maximum atomic E-state index is 14.5. The lowest BCUT2D eigenvalue weighted by Gasteiger charge is -2.37. The van der Waals surface area contributed by atoms with Gasteiger partial charge in [-0.2, -0.15) is 0 Å². The number of Topliss-reactive ketones (excluding diaryl/α,β-unsaturated/α-hetero) is 1. The van der Waals surface area contributed by atoms with Crippen LogP contribution in [-0.4, -0.2) is 24.0 Å². The highest BCUT2D eigenvalue weighted by molar-refractivity contribution is 7.80. The molecule has 0 aromatic heterocycles. The summed E-state index contributed by atoms with van der Waals surface area (Å²) in [6.45, 7) is 3.54. The molecule has 150 valence electrons. The molecule has 5 nitrogen and oxygen atoms in total. The minimum Gasteiger partial charge on any atom is -0.463 e. The molecule has 0 bridgehead atoms. The number of ketones is 1. The van der Waals surface area contributed by atoms with Crippen LogP contribution in [0.25, 0.3) is 0 Å². The fourth-order valence-corrected chi connectivity index (χ4v) is 3.57. The number of carbonyl (C=O) groups is 2. The molecule has 0 saturated carbocycles. The van der Waals surface area contributed by atoms with E-state index in [1.807, 2.05) is 31.2 Å². The molecule has 0 unspecified atom stereocenters. The van der Waals surface area contributed by atoms with Crippen molar-refractivity contribution in [1.82, 2.24) is 5.32 Å². The number of methoxy groups -OCH3 is 1. The van der Waals surface area contributed by atoms with Crippen molar-refractivity contribution in [1.29, 1.82) is 0 Å². The number of benzene rings is 2. The summed E-state index contributed by atoms with van der Waals surface area (Å²) in [5.74, 6) is -3.65. The second kappa shape index (κ2) is 8.08. The van der Waals surface area contributed by atoms with Crippen LogP contribution in [0.5, 0.6) is 0 Å². The van der Waals surface area contributed by atoms with E-state index in [1.54, 1.807) is 11.8 Å². The number of rotatable bonds is 4. The SMILES string of the molecule is COC(=O)C(=O)C1=C(C)N(c2ccc(C)cc2)C(=S)N[C@H]1c1ccc(F)cc1F. The predicted molar refractivity (Wildman–Crippen MR) is 108 cm³/mol. The summed E-state index contributed by atoms with van der Waals surface area (Å²) in [4.78, 5) is 26.4. The second-order valence-electron chi connectivity index (χ2n) is 6.54. The molecule has 2 aromatic carbocycles. The van der Waals surface area contributed by atoms with Gasteiger partial charge >= 0.3 is 5.97 Å². The highest BCUT2D eigenvalue weighted by atomic mass is 32.1. The quantitative estimate of drug-likeness (QED) is 0.466. The first kappa shape index (κ1) is 20.6. The Morgan fingerprint density at radius 2 is 1.76 bits per heavy atom. The number of allylic oxidation sites excluding steroid dienone is 1. The predicted octanol–water partition coefficient (Wildman–Crippen LogP) is 3.73. The molecule has 0 radical (unpaired) electrons. The van der Waals surface area contributed by atoms with E-state index in [1.165, 1.54) is 6.07 Å².